The molecule has 1 unspecified atom stereocenters. The van der Waals surface area contributed by atoms with Crippen molar-refractivity contribution in [3.8, 4) is 0 Å². The Hall–Kier alpha value is -1.69. The standard InChI is InChI=1S/C17H24N4OS/c1-3-9-18-16(22)11(2)21-15-14-12-7-5-4-6-8-13(12)23-17(14)20-10-19-15/h10-11H,3-9H2,1-2H3,(H,18,22)(H,19,20,21). The highest BCUT2D eigenvalue weighted by Crippen LogP contribution is 2.37. The number of nitrogens with one attached hydrogen (secondary N) is 2. The molecule has 0 aliphatic heterocycles. The lowest BCUT2D eigenvalue weighted by Gasteiger charge is -2.15. The van der Waals surface area contributed by atoms with Crippen molar-refractivity contribution >= 4 is 33.3 Å². The number of hydrogen-bond donors (Lipinski definition) is 2. The minimum atomic E-state index is -0.305. The molecular weight excluding hydrogens is 308 g/mol. The van der Waals surface area contributed by atoms with E-state index in [0.29, 0.717) is 6.54 Å². The highest BCUT2D eigenvalue weighted by molar-refractivity contribution is 7.18. The van der Waals surface area contributed by atoms with Gasteiger partial charge in [-0.2, -0.15) is 0 Å². The molecule has 0 spiro atoms. The number of aryl methyl sites for hydroxylation is 2. The minimum absolute atomic E-state index is 0.0138. The summed E-state index contributed by atoms with van der Waals surface area (Å²) < 4.78 is 0. The van der Waals surface area contributed by atoms with Crippen LogP contribution in [0, 0.1) is 0 Å². The van der Waals surface area contributed by atoms with Crippen LogP contribution >= 0.6 is 11.3 Å². The van der Waals surface area contributed by atoms with Crippen LogP contribution in [0.1, 0.15) is 50.0 Å². The normalized spacial score (nSPS) is 15.7. The van der Waals surface area contributed by atoms with E-state index in [9.17, 15) is 4.79 Å². The number of thiophene rings is 1. The number of carbonyl (C=O) groups excluding carboxylic acids is 1. The molecule has 0 saturated carbocycles. The Morgan fingerprint density at radius 3 is 2.96 bits per heavy atom. The maximum atomic E-state index is 12.1. The van der Waals surface area contributed by atoms with E-state index in [-0.39, 0.29) is 11.9 Å². The van der Waals surface area contributed by atoms with Crippen molar-refractivity contribution in [2.45, 2.75) is 58.4 Å². The predicted molar refractivity (Wildman–Crippen MR) is 95.1 cm³/mol. The Bertz CT molecular complexity index is 697. The second kappa shape index (κ2) is 7.25. The van der Waals surface area contributed by atoms with E-state index in [2.05, 4.69) is 20.6 Å². The zero-order valence-corrected chi connectivity index (χ0v) is 14.6. The molecule has 1 aliphatic rings. The Morgan fingerprint density at radius 1 is 1.30 bits per heavy atom. The first-order chi connectivity index (χ1) is 11.2. The fourth-order valence-corrected chi connectivity index (χ4v) is 4.28. The first kappa shape index (κ1) is 16.2. The van der Waals surface area contributed by atoms with E-state index in [1.54, 1.807) is 17.7 Å². The van der Waals surface area contributed by atoms with Crippen LogP contribution in [0.4, 0.5) is 5.82 Å². The molecule has 2 heterocycles. The molecule has 2 aromatic rings. The Kier molecular flexibility index (Phi) is 5.10. The lowest BCUT2D eigenvalue weighted by Crippen LogP contribution is -2.38. The SMILES string of the molecule is CCCNC(=O)C(C)Nc1ncnc2sc3c(c12)CCCCC3. The van der Waals surface area contributed by atoms with Crippen molar-refractivity contribution in [3.05, 3.63) is 16.8 Å². The van der Waals surface area contributed by atoms with Gasteiger partial charge in [0, 0.05) is 11.4 Å². The molecule has 2 N–H and O–H groups in total. The van der Waals surface area contributed by atoms with Gasteiger partial charge in [-0.3, -0.25) is 4.79 Å². The van der Waals surface area contributed by atoms with Gasteiger partial charge in [-0.15, -0.1) is 11.3 Å². The van der Waals surface area contributed by atoms with Gasteiger partial charge in [0.25, 0.3) is 0 Å². The molecule has 23 heavy (non-hydrogen) atoms. The lowest BCUT2D eigenvalue weighted by molar-refractivity contribution is -0.121. The predicted octanol–water partition coefficient (Wildman–Crippen LogP) is 3.29. The summed E-state index contributed by atoms with van der Waals surface area (Å²) in [6, 6.07) is -0.305. The van der Waals surface area contributed by atoms with Crippen molar-refractivity contribution in [3.63, 3.8) is 0 Å². The number of anilines is 1. The third kappa shape index (κ3) is 3.47. The Balaban J connectivity index is 1.88. The molecule has 1 amide bonds. The van der Waals surface area contributed by atoms with Gasteiger partial charge in [0.1, 0.15) is 23.0 Å². The smallest absolute Gasteiger partial charge is 0.242 e. The van der Waals surface area contributed by atoms with Crippen molar-refractivity contribution in [2.75, 3.05) is 11.9 Å². The highest BCUT2D eigenvalue weighted by Gasteiger charge is 2.21. The van der Waals surface area contributed by atoms with E-state index in [1.165, 1.54) is 29.7 Å². The minimum Gasteiger partial charge on any atom is -0.358 e. The number of rotatable bonds is 5. The second-order valence-electron chi connectivity index (χ2n) is 6.12. The van der Waals surface area contributed by atoms with Crippen LogP contribution < -0.4 is 10.6 Å². The fourth-order valence-electron chi connectivity index (χ4n) is 3.05. The maximum Gasteiger partial charge on any atom is 0.242 e. The molecule has 0 fully saturated rings. The zero-order valence-electron chi connectivity index (χ0n) is 13.8. The third-order valence-corrected chi connectivity index (χ3v) is 5.50. The summed E-state index contributed by atoms with van der Waals surface area (Å²) in [5, 5.41) is 7.35. The highest BCUT2D eigenvalue weighted by atomic mass is 32.1. The van der Waals surface area contributed by atoms with Gasteiger partial charge in [0.05, 0.1) is 5.39 Å². The Morgan fingerprint density at radius 2 is 2.13 bits per heavy atom. The van der Waals surface area contributed by atoms with Crippen LogP contribution in [0.2, 0.25) is 0 Å². The number of fused-ring (bicyclic) bond motifs is 3. The molecule has 0 aromatic carbocycles. The first-order valence-electron chi connectivity index (χ1n) is 8.50. The topological polar surface area (TPSA) is 66.9 Å². The molecular formula is C17H24N4OS. The summed E-state index contributed by atoms with van der Waals surface area (Å²) in [6.07, 6.45) is 8.53. The number of aromatic nitrogens is 2. The van der Waals surface area contributed by atoms with Crippen LogP contribution in [0.3, 0.4) is 0 Å². The molecule has 5 nitrogen and oxygen atoms in total. The van der Waals surface area contributed by atoms with Crippen molar-refractivity contribution < 1.29 is 4.79 Å². The molecule has 0 saturated heterocycles. The van der Waals surface area contributed by atoms with Crippen LogP contribution in [-0.4, -0.2) is 28.5 Å². The van der Waals surface area contributed by atoms with Crippen LogP contribution in [0.15, 0.2) is 6.33 Å². The first-order valence-corrected chi connectivity index (χ1v) is 9.31. The largest absolute Gasteiger partial charge is 0.358 e. The second-order valence-corrected chi connectivity index (χ2v) is 7.21. The third-order valence-electron chi connectivity index (χ3n) is 4.30. The quantitative estimate of drug-likeness (QED) is 0.825. The summed E-state index contributed by atoms with van der Waals surface area (Å²) in [6.45, 7) is 4.63. The molecule has 0 radical (unpaired) electrons. The van der Waals surface area contributed by atoms with Gasteiger partial charge in [-0.05, 0) is 44.6 Å². The van der Waals surface area contributed by atoms with Crippen molar-refractivity contribution in [1.82, 2.24) is 15.3 Å². The van der Waals surface area contributed by atoms with Crippen LogP contribution in [-0.2, 0) is 17.6 Å². The number of amides is 1. The number of nitrogens with zero attached hydrogens (tertiary/aromatic N) is 2. The zero-order chi connectivity index (χ0) is 16.2. The van der Waals surface area contributed by atoms with E-state index >= 15 is 0 Å². The molecule has 3 rings (SSSR count). The summed E-state index contributed by atoms with van der Waals surface area (Å²) in [4.78, 5) is 23.5. The van der Waals surface area contributed by atoms with Crippen molar-refractivity contribution in [2.24, 2.45) is 0 Å². The Labute approximate surface area is 140 Å². The molecule has 124 valence electrons. The molecule has 1 atom stereocenters. The van der Waals surface area contributed by atoms with Gasteiger partial charge in [0.15, 0.2) is 0 Å². The van der Waals surface area contributed by atoms with E-state index in [1.807, 2.05) is 13.8 Å². The molecule has 0 bridgehead atoms. The summed E-state index contributed by atoms with van der Waals surface area (Å²) in [5.41, 5.74) is 1.40. The lowest BCUT2D eigenvalue weighted by atomic mass is 10.1. The fraction of sp³-hybridized carbons (Fsp3) is 0.588. The van der Waals surface area contributed by atoms with Gasteiger partial charge >= 0.3 is 0 Å². The van der Waals surface area contributed by atoms with E-state index in [4.69, 9.17) is 0 Å². The average Bonchev–Trinajstić information content (AvgIpc) is 2.75. The monoisotopic (exact) mass is 332 g/mol. The average molecular weight is 332 g/mol. The summed E-state index contributed by atoms with van der Waals surface area (Å²) in [7, 11) is 0. The number of carbonyl (C=O) groups is 1. The van der Waals surface area contributed by atoms with E-state index < -0.39 is 0 Å². The molecule has 6 heteroatoms. The van der Waals surface area contributed by atoms with Crippen LogP contribution in [0.25, 0.3) is 10.2 Å². The van der Waals surface area contributed by atoms with Crippen molar-refractivity contribution in [1.29, 1.82) is 0 Å². The number of hydrogen-bond acceptors (Lipinski definition) is 5. The summed E-state index contributed by atoms with van der Waals surface area (Å²) >= 11 is 1.78. The van der Waals surface area contributed by atoms with Crippen LogP contribution in [0.5, 0.6) is 0 Å². The molecule has 2 aromatic heterocycles. The van der Waals surface area contributed by atoms with Gasteiger partial charge in [-0.1, -0.05) is 13.3 Å². The van der Waals surface area contributed by atoms with Gasteiger partial charge in [-0.25, -0.2) is 9.97 Å². The maximum absolute atomic E-state index is 12.1. The van der Waals surface area contributed by atoms with E-state index in [0.717, 1.165) is 35.3 Å². The molecule has 1 aliphatic carbocycles. The van der Waals surface area contributed by atoms with Gasteiger partial charge < -0.3 is 10.6 Å². The summed E-state index contributed by atoms with van der Waals surface area (Å²) in [5.74, 6) is 0.813. The van der Waals surface area contributed by atoms with Gasteiger partial charge in [0.2, 0.25) is 5.91 Å².